The predicted octanol–water partition coefficient (Wildman–Crippen LogP) is 2.46. The molecule has 0 radical (unpaired) electrons. The van der Waals surface area contributed by atoms with E-state index in [0.717, 1.165) is 0 Å². The molecule has 7 nitrogen and oxygen atoms in total. The maximum Gasteiger partial charge on any atom is 0.330 e. The molecule has 2 aliphatic heterocycles. The Labute approximate surface area is 183 Å². The number of hydrogen-bond donors (Lipinski definition) is 0. The van der Waals surface area contributed by atoms with Gasteiger partial charge in [0, 0.05) is 6.92 Å². The minimum atomic E-state index is -1.80. The predicted molar refractivity (Wildman–Crippen MR) is 109 cm³/mol. The molecule has 3 heterocycles. The minimum absolute atomic E-state index is 0.350. The molecule has 2 aliphatic rings. The fourth-order valence-corrected chi connectivity index (χ4v) is 6.41. The lowest BCUT2D eigenvalue weighted by Crippen LogP contribution is -2.72. The van der Waals surface area contributed by atoms with Gasteiger partial charge in [-0.05, 0) is 31.4 Å². The van der Waals surface area contributed by atoms with Crippen molar-refractivity contribution in [3.63, 3.8) is 0 Å². The van der Waals surface area contributed by atoms with E-state index in [1.807, 2.05) is 0 Å². The smallest absolute Gasteiger partial charge is 0.330 e. The molecule has 0 aliphatic carbocycles. The summed E-state index contributed by atoms with van der Waals surface area (Å²) in [5.41, 5.74) is 0. The zero-order chi connectivity index (χ0) is 21.0. The molecule has 1 aromatic heterocycles. The van der Waals surface area contributed by atoms with E-state index in [1.165, 1.54) is 28.1 Å². The quantitative estimate of drug-likeness (QED) is 0.370. The number of nitrogens with zero attached hydrogens (tertiary/aromatic N) is 2. The highest BCUT2D eigenvalue weighted by Gasteiger charge is 2.70. The number of ether oxygens (including phenoxy) is 1. The van der Waals surface area contributed by atoms with E-state index in [-0.39, 0.29) is 5.91 Å². The van der Waals surface area contributed by atoms with Crippen molar-refractivity contribution < 1.29 is 23.3 Å². The van der Waals surface area contributed by atoms with Crippen LogP contribution in [0.5, 0.6) is 0 Å². The molecule has 0 aromatic carbocycles. The van der Waals surface area contributed by atoms with Crippen LogP contribution in [0.2, 0.25) is 0 Å². The molecular weight excluding hydrogens is 471 g/mol. The molecule has 1 aromatic rings. The van der Waals surface area contributed by atoms with Crippen molar-refractivity contribution in [3.05, 3.63) is 17.5 Å². The highest BCUT2D eigenvalue weighted by Crippen LogP contribution is 2.47. The third-order valence-corrected chi connectivity index (χ3v) is 8.07. The molecule has 2 amide bonds. The van der Waals surface area contributed by atoms with Crippen LogP contribution in [0, 0.1) is 0 Å². The first-order chi connectivity index (χ1) is 12.9. The van der Waals surface area contributed by atoms with Gasteiger partial charge in [0.2, 0.25) is 9.70 Å². The Bertz CT molecular complexity index is 840. The van der Waals surface area contributed by atoms with Gasteiger partial charge in [-0.25, -0.2) is 4.79 Å². The second-order valence-corrected chi connectivity index (χ2v) is 12.5. The van der Waals surface area contributed by atoms with Crippen LogP contribution in [0.15, 0.2) is 17.5 Å². The molecular formula is C16H17Cl3N2O5S2. The average molecular weight is 488 g/mol. The third-order valence-electron chi connectivity index (χ3n) is 4.69. The molecule has 0 bridgehead atoms. The minimum Gasteiger partial charge on any atom is -0.460 e. The lowest BCUT2D eigenvalue weighted by Gasteiger charge is -2.47. The van der Waals surface area contributed by atoms with Crippen LogP contribution in [0.3, 0.4) is 0 Å². The number of alkyl halides is 3. The molecule has 0 N–H and O–H groups in total. The molecule has 4 atom stereocenters. The first-order valence-electron chi connectivity index (χ1n) is 8.17. The fraction of sp³-hybridized carbons (Fsp3) is 0.562. The van der Waals surface area contributed by atoms with Gasteiger partial charge >= 0.3 is 5.97 Å². The largest absolute Gasteiger partial charge is 0.460 e. The summed E-state index contributed by atoms with van der Waals surface area (Å²) in [6.07, 6.45) is 0. The number of carbonyl (C=O) groups excluding carboxylic acids is 3. The summed E-state index contributed by atoms with van der Waals surface area (Å²) in [5.74, 6) is -1.62. The zero-order valence-electron chi connectivity index (χ0n) is 15.1. The fourth-order valence-electron chi connectivity index (χ4n) is 3.48. The van der Waals surface area contributed by atoms with Gasteiger partial charge in [0.15, 0.2) is 0 Å². The molecule has 2 fully saturated rings. The van der Waals surface area contributed by atoms with Crippen LogP contribution >= 0.6 is 46.1 Å². The van der Waals surface area contributed by atoms with Crippen LogP contribution in [-0.4, -0.2) is 59.5 Å². The van der Waals surface area contributed by atoms with Crippen molar-refractivity contribution in [2.24, 2.45) is 0 Å². The van der Waals surface area contributed by atoms with Crippen LogP contribution < -0.4 is 4.90 Å². The molecule has 12 heteroatoms. The van der Waals surface area contributed by atoms with Crippen molar-refractivity contribution in [2.75, 3.05) is 11.5 Å². The van der Waals surface area contributed by atoms with E-state index in [2.05, 4.69) is 0 Å². The Hall–Kier alpha value is -0.870. The Balaban J connectivity index is 1.90. The Morgan fingerprint density at radius 3 is 2.54 bits per heavy atom. The van der Waals surface area contributed by atoms with Crippen LogP contribution in [0.1, 0.15) is 20.8 Å². The number of halogens is 3. The van der Waals surface area contributed by atoms with E-state index < -0.39 is 55.3 Å². The van der Waals surface area contributed by atoms with E-state index in [4.69, 9.17) is 39.5 Å². The number of fused-ring (bicyclic) bond motifs is 1. The summed E-state index contributed by atoms with van der Waals surface area (Å²) in [7, 11) is -1.63. The molecule has 154 valence electrons. The van der Waals surface area contributed by atoms with Crippen LogP contribution in [0.4, 0.5) is 5.00 Å². The lowest BCUT2D eigenvalue weighted by atomic mass is 9.95. The van der Waals surface area contributed by atoms with E-state index >= 15 is 0 Å². The normalized spacial score (nSPS) is 28.5. The summed E-state index contributed by atoms with van der Waals surface area (Å²) in [6, 6.07) is 1.41. The molecule has 2 saturated heterocycles. The Morgan fingerprint density at radius 2 is 2.04 bits per heavy atom. The second kappa shape index (κ2) is 7.43. The van der Waals surface area contributed by atoms with Gasteiger partial charge in [0.25, 0.3) is 5.91 Å². The molecule has 3 rings (SSSR count). The Morgan fingerprint density at radius 1 is 1.39 bits per heavy atom. The van der Waals surface area contributed by atoms with E-state index in [0.29, 0.717) is 5.00 Å². The molecule has 3 unspecified atom stereocenters. The molecule has 0 saturated carbocycles. The van der Waals surface area contributed by atoms with Crippen molar-refractivity contribution >= 4 is 79.7 Å². The van der Waals surface area contributed by atoms with Gasteiger partial charge in [-0.15, -0.1) is 11.3 Å². The summed E-state index contributed by atoms with van der Waals surface area (Å²) in [4.78, 5) is 40.4. The number of amides is 2. The molecule has 0 spiro atoms. The number of esters is 1. The molecule has 28 heavy (non-hydrogen) atoms. The number of thiophene rings is 1. The van der Waals surface area contributed by atoms with Gasteiger partial charge < -0.3 is 9.64 Å². The lowest BCUT2D eigenvalue weighted by molar-refractivity contribution is -0.163. The topological polar surface area (TPSA) is 84.0 Å². The summed E-state index contributed by atoms with van der Waals surface area (Å²) in [5, 5.41) is 1.53. The van der Waals surface area contributed by atoms with E-state index in [9.17, 15) is 18.6 Å². The van der Waals surface area contributed by atoms with Crippen molar-refractivity contribution in [2.45, 2.75) is 46.8 Å². The monoisotopic (exact) mass is 486 g/mol. The van der Waals surface area contributed by atoms with Crippen molar-refractivity contribution in [1.82, 2.24) is 4.90 Å². The van der Waals surface area contributed by atoms with E-state index in [1.54, 1.807) is 31.4 Å². The first kappa shape index (κ1) is 21.8. The van der Waals surface area contributed by atoms with Gasteiger partial charge in [-0.3, -0.25) is 18.7 Å². The summed E-state index contributed by atoms with van der Waals surface area (Å²) in [6.45, 7) is 4.05. The standard InChI is InChI=1S/C16H17Cl3N2O5S2/c1-8(22)20(9-5-4-6-27-9)10-12(23)21-11(14(24)26-7-16(17,18)19)15(2,3)28(25)13(10)21/h4-6,10-11,13H,7H2,1-3H3/t10?,11?,13-,28?/m1/s1. The Kier molecular flexibility index (Phi) is 5.79. The number of β-lactam (4-membered cyclic amide) rings is 1. The first-order valence-corrected chi connectivity index (χ1v) is 11.4. The number of anilines is 1. The van der Waals surface area contributed by atoms with Crippen LogP contribution in [0.25, 0.3) is 0 Å². The number of rotatable bonds is 4. The van der Waals surface area contributed by atoms with Crippen molar-refractivity contribution in [1.29, 1.82) is 0 Å². The van der Waals surface area contributed by atoms with Crippen LogP contribution in [-0.2, 0) is 29.9 Å². The van der Waals surface area contributed by atoms with Crippen molar-refractivity contribution in [3.8, 4) is 0 Å². The van der Waals surface area contributed by atoms with Gasteiger partial charge in [-0.2, -0.15) is 0 Å². The summed E-state index contributed by atoms with van der Waals surface area (Å²) >= 11 is 18.1. The number of hydrogen-bond acceptors (Lipinski definition) is 6. The van der Waals surface area contributed by atoms with Gasteiger partial charge in [0.1, 0.15) is 24.1 Å². The highest BCUT2D eigenvalue weighted by molar-refractivity contribution is 7.87. The number of carbonyl (C=O) groups is 3. The van der Waals surface area contributed by atoms with Gasteiger partial charge in [-0.1, -0.05) is 34.8 Å². The third kappa shape index (κ3) is 3.56. The zero-order valence-corrected chi connectivity index (χ0v) is 19.0. The highest BCUT2D eigenvalue weighted by atomic mass is 35.6. The second-order valence-electron chi connectivity index (χ2n) is 6.95. The maximum atomic E-state index is 13.2. The van der Waals surface area contributed by atoms with Gasteiger partial charge in [0.05, 0.1) is 20.5 Å². The SMILES string of the molecule is CC(=O)N(c1cccs1)C1C(=O)N2C(C(=O)OCC(Cl)(Cl)Cl)C(C)(C)S(=O)[C@H]12. The summed E-state index contributed by atoms with van der Waals surface area (Å²) < 4.78 is 15.3. The maximum absolute atomic E-state index is 13.2. The average Bonchev–Trinajstić information content (AvgIpc) is 3.15.